The molecule has 0 bridgehead atoms. The Morgan fingerprint density at radius 2 is 1.71 bits per heavy atom. The Hall–Kier alpha value is -2.76. The fourth-order valence-electron chi connectivity index (χ4n) is 3.90. The number of rotatable bonds is 6. The first kappa shape index (κ1) is 21.5. The van der Waals surface area contributed by atoms with Gasteiger partial charge in [-0.05, 0) is 54.8 Å². The van der Waals surface area contributed by atoms with E-state index in [-0.39, 0.29) is 5.91 Å². The molecule has 0 atom stereocenters. The normalized spacial score (nSPS) is 14.6. The van der Waals surface area contributed by atoms with Crippen molar-refractivity contribution in [2.75, 3.05) is 26.2 Å². The molecule has 5 nitrogen and oxygen atoms in total. The van der Waals surface area contributed by atoms with Gasteiger partial charge in [0.15, 0.2) is 5.76 Å². The summed E-state index contributed by atoms with van der Waals surface area (Å²) >= 11 is 6.08. The van der Waals surface area contributed by atoms with Crippen molar-refractivity contribution in [3.8, 4) is 5.75 Å². The topological polar surface area (TPSA) is 45.9 Å². The molecule has 1 aliphatic heterocycles. The highest BCUT2D eigenvalue weighted by molar-refractivity contribution is 6.30. The maximum atomic E-state index is 12.9. The summed E-state index contributed by atoms with van der Waals surface area (Å²) in [7, 11) is 0. The Kier molecular flexibility index (Phi) is 6.64. The number of piperazine rings is 1. The lowest BCUT2D eigenvalue weighted by molar-refractivity contribution is 0.0594. The van der Waals surface area contributed by atoms with Crippen LogP contribution in [0.15, 0.2) is 59.0 Å². The minimum Gasteiger partial charge on any atom is -0.485 e. The first-order valence-electron chi connectivity index (χ1n) is 10.5. The number of halogens is 1. The lowest BCUT2D eigenvalue weighted by Gasteiger charge is -2.34. The Morgan fingerprint density at radius 1 is 1.00 bits per heavy atom. The molecule has 0 aliphatic carbocycles. The summed E-state index contributed by atoms with van der Waals surface area (Å²) in [5.74, 6) is 1.80. The second kappa shape index (κ2) is 9.58. The van der Waals surface area contributed by atoms with E-state index in [9.17, 15) is 4.79 Å². The highest BCUT2D eigenvalue weighted by Gasteiger charge is 2.24. The summed E-state index contributed by atoms with van der Waals surface area (Å²) < 4.78 is 11.7. The third kappa shape index (κ3) is 5.30. The molecular formula is C25H27ClN2O3. The molecule has 2 aromatic carbocycles. The van der Waals surface area contributed by atoms with E-state index in [1.165, 1.54) is 5.56 Å². The van der Waals surface area contributed by atoms with Gasteiger partial charge in [-0.3, -0.25) is 9.69 Å². The van der Waals surface area contributed by atoms with E-state index in [0.717, 1.165) is 41.5 Å². The monoisotopic (exact) mass is 438 g/mol. The lowest BCUT2D eigenvalue weighted by Crippen LogP contribution is -2.48. The number of hydrogen-bond donors (Lipinski definition) is 0. The maximum Gasteiger partial charge on any atom is 0.289 e. The van der Waals surface area contributed by atoms with Gasteiger partial charge < -0.3 is 14.1 Å². The van der Waals surface area contributed by atoms with Crippen LogP contribution in [0, 0.1) is 13.8 Å². The first-order chi connectivity index (χ1) is 15.0. The van der Waals surface area contributed by atoms with Gasteiger partial charge in [-0.25, -0.2) is 0 Å². The Morgan fingerprint density at radius 3 is 2.42 bits per heavy atom. The number of aryl methyl sites for hydroxylation is 2. The number of amides is 1. The van der Waals surface area contributed by atoms with Gasteiger partial charge in [0.2, 0.25) is 0 Å². The van der Waals surface area contributed by atoms with Gasteiger partial charge in [-0.1, -0.05) is 41.9 Å². The van der Waals surface area contributed by atoms with Crippen LogP contribution in [0.1, 0.15) is 33.0 Å². The number of nitrogens with zero attached hydrogens (tertiary/aromatic N) is 2. The average Bonchev–Trinajstić information content (AvgIpc) is 3.22. The fourth-order valence-corrected chi connectivity index (χ4v) is 4.11. The second-order valence-electron chi connectivity index (χ2n) is 7.97. The molecule has 1 aliphatic rings. The quantitative estimate of drug-likeness (QED) is 0.538. The van der Waals surface area contributed by atoms with Crippen LogP contribution in [-0.4, -0.2) is 41.9 Å². The van der Waals surface area contributed by atoms with Crippen LogP contribution in [0.2, 0.25) is 5.02 Å². The zero-order valence-corrected chi connectivity index (χ0v) is 18.7. The molecule has 0 radical (unpaired) electrons. The zero-order chi connectivity index (χ0) is 21.8. The first-order valence-corrected chi connectivity index (χ1v) is 10.9. The zero-order valence-electron chi connectivity index (χ0n) is 17.9. The summed E-state index contributed by atoms with van der Waals surface area (Å²) in [5.41, 5.74) is 3.35. The summed E-state index contributed by atoms with van der Waals surface area (Å²) in [6, 6.07) is 17.5. The van der Waals surface area contributed by atoms with Gasteiger partial charge in [-0.15, -0.1) is 0 Å². The SMILES string of the molecule is Cc1cccc(C)c1OCc1ccc(C(=O)N2CCN(Cc3cccc(Cl)c3)CC2)o1. The number of benzene rings is 2. The van der Waals surface area contributed by atoms with Crippen molar-refractivity contribution in [3.63, 3.8) is 0 Å². The Labute approximate surface area is 188 Å². The predicted molar refractivity (Wildman–Crippen MR) is 122 cm³/mol. The van der Waals surface area contributed by atoms with Crippen LogP contribution in [0.25, 0.3) is 0 Å². The van der Waals surface area contributed by atoms with Crippen molar-refractivity contribution >= 4 is 17.5 Å². The van der Waals surface area contributed by atoms with E-state index >= 15 is 0 Å². The molecule has 1 amide bonds. The van der Waals surface area contributed by atoms with Crippen LogP contribution >= 0.6 is 11.6 Å². The molecule has 31 heavy (non-hydrogen) atoms. The molecule has 1 fully saturated rings. The molecule has 4 rings (SSSR count). The maximum absolute atomic E-state index is 12.9. The van der Waals surface area contributed by atoms with E-state index in [2.05, 4.69) is 11.0 Å². The summed E-state index contributed by atoms with van der Waals surface area (Å²) in [6.45, 7) is 8.16. The van der Waals surface area contributed by atoms with Gasteiger partial charge in [0.05, 0.1) is 0 Å². The molecule has 3 aromatic rings. The van der Waals surface area contributed by atoms with Crippen molar-refractivity contribution in [1.29, 1.82) is 0 Å². The molecule has 1 saturated heterocycles. The van der Waals surface area contributed by atoms with E-state index in [0.29, 0.717) is 31.2 Å². The third-order valence-corrected chi connectivity index (χ3v) is 5.83. The number of carbonyl (C=O) groups is 1. The Balaban J connectivity index is 1.30. The van der Waals surface area contributed by atoms with E-state index in [1.54, 1.807) is 6.07 Å². The van der Waals surface area contributed by atoms with Crippen LogP contribution in [0.4, 0.5) is 0 Å². The minimum absolute atomic E-state index is 0.0688. The molecule has 0 N–H and O–H groups in total. The van der Waals surface area contributed by atoms with Crippen molar-refractivity contribution in [3.05, 3.63) is 87.8 Å². The van der Waals surface area contributed by atoms with Crippen LogP contribution in [0.3, 0.4) is 0 Å². The van der Waals surface area contributed by atoms with Gasteiger partial charge in [0.25, 0.3) is 5.91 Å². The number of furan rings is 1. The molecule has 0 saturated carbocycles. The lowest BCUT2D eigenvalue weighted by atomic mass is 10.1. The van der Waals surface area contributed by atoms with Crippen molar-refractivity contribution in [2.45, 2.75) is 27.0 Å². The van der Waals surface area contributed by atoms with Crippen molar-refractivity contribution in [2.24, 2.45) is 0 Å². The molecule has 2 heterocycles. The van der Waals surface area contributed by atoms with Crippen molar-refractivity contribution < 1.29 is 13.9 Å². The highest BCUT2D eigenvalue weighted by Crippen LogP contribution is 2.24. The van der Waals surface area contributed by atoms with Crippen LogP contribution in [0.5, 0.6) is 5.75 Å². The van der Waals surface area contributed by atoms with Gasteiger partial charge in [0, 0.05) is 37.7 Å². The fraction of sp³-hybridized carbons (Fsp3) is 0.320. The number of carbonyl (C=O) groups excluding carboxylic acids is 1. The largest absolute Gasteiger partial charge is 0.485 e. The smallest absolute Gasteiger partial charge is 0.289 e. The number of para-hydroxylation sites is 1. The molecule has 162 valence electrons. The van der Waals surface area contributed by atoms with E-state index < -0.39 is 0 Å². The van der Waals surface area contributed by atoms with Gasteiger partial charge >= 0.3 is 0 Å². The summed E-state index contributed by atoms with van der Waals surface area (Å²) in [5, 5.41) is 0.751. The summed E-state index contributed by atoms with van der Waals surface area (Å²) in [4.78, 5) is 17.0. The summed E-state index contributed by atoms with van der Waals surface area (Å²) in [6.07, 6.45) is 0. The molecule has 0 spiro atoms. The third-order valence-electron chi connectivity index (χ3n) is 5.59. The molecule has 6 heteroatoms. The predicted octanol–water partition coefficient (Wildman–Crippen LogP) is 5.09. The van der Waals surface area contributed by atoms with E-state index in [4.69, 9.17) is 20.8 Å². The number of ether oxygens (including phenoxy) is 1. The van der Waals surface area contributed by atoms with Crippen molar-refractivity contribution in [1.82, 2.24) is 9.80 Å². The second-order valence-corrected chi connectivity index (χ2v) is 8.41. The highest BCUT2D eigenvalue weighted by atomic mass is 35.5. The van der Waals surface area contributed by atoms with Crippen LogP contribution in [-0.2, 0) is 13.2 Å². The number of hydrogen-bond acceptors (Lipinski definition) is 4. The molecular weight excluding hydrogens is 412 g/mol. The standard InChI is InChI=1S/C25H27ClN2O3/c1-18-5-3-6-19(2)24(18)30-17-22-9-10-23(31-22)25(29)28-13-11-27(12-14-28)16-20-7-4-8-21(26)15-20/h3-10,15H,11-14,16-17H2,1-2H3. The Bertz CT molecular complexity index is 1030. The van der Waals surface area contributed by atoms with Gasteiger partial charge in [-0.2, -0.15) is 0 Å². The van der Waals surface area contributed by atoms with Crippen LogP contribution < -0.4 is 4.74 Å². The molecule has 1 aromatic heterocycles. The van der Waals surface area contributed by atoms with E-state index in [1.807, 2.05) is 61.2 Å². The minimum atomic E-state index is -0.0688. The van der Waals surface area contributed by atoms with Gasteiger partial charge in [0.1, 0.15) is 18.1 Å². The average molecular weight is 439 g/mol. The molecule has 0 unspecified atom stereocenters.